The van der Waals surface area contributed by atoms with E-state index in [4.69, 9.17) is 4.74 Å². The molecule has 0 saturated carbocycles. The molecular weight excluding hydrogens is 246 g/mol. The van der Waals surface area contributed by atoms with Crippen LogP contribution in [0.2, 0.25) is 0 Å². The van der Waals surface area contributed by atoms with Crippen molar-refractivity contribution in [2.75, 3.05) is 6.61 Å². The summed E-state index contributed by atoms with van der Waals surface area (Å²) in [7, 11) is 0. The Bertz CT molecular complexity index is 497. The van der Waals surface area contributed by atoms with Gasteiger partial charge in [-0.05, 0) is 24.6 Å². The van der Waals surface area contributed by atoms with Gasteiger partial charge in [-0.1, -0.05) is 19.1 Å². The lowest BCUT2D eigenvalue weighted by atomic mass is 9.76. The van der Waals surface area contributed by atoms with Gasteiger partial charge in [-0.3, -0.25) is 4.79 Å². The number of carbonyl (C=O) groups is 2. The van der Waals surface area contributed by atoms with Crippen LogP contribution in [-0.2, 0) is 15.0 Å². The predicted molar refractivity (Wildman–Crippen MR) is 69.1 cm³/mol. The molecule has 1 heterocycles. The van der Waals surface area contributed by atoms with Crippen LogP contribution in [0.4, 0.5) is 0 Å². The zero-order valence-corrected chi connectivity index (χ0v) is 11.0. The molecule has 1 saturated heterocycles. The normalized spacial score (nSPS) is 26.0. The maximum absolute atomic E-state index is 11.5. The fraction of sp³-hybridized carbons (Fsp3) is 0.429. The molecule has 0 radical (unpaired) electrons. The van der Waals surface area contributed by atoms with Gasteiger partial charge in [0, 0.05) is 11.8 Å². The number of hydrogen-bond donors (Lipinski definition) is 2. The fourth-order valence-electron chi connectivity index (χ4n) is 2.51. The Morgan fingerprint density at radius 3 is 2.63 bits per heavy atom. The summed E-state index contributed by atoms with van der Waals surface area (Å²) in [5, 5.41) is 11.7. The third-order valence-electron chi connectivity index (χ3n) is 3.54. The van der Waals surface area contributed by atoms with Crippen molar-refractivity contribution in [3.05, 3.63) is 29.8 Å². The maximum Gasteiger partial charge on any atom is 0.327 e. The van der Waals surface area contributed by atoms with Crippen LogP contribution < -0.4 is 10.1 Å². The summed E-state index contributed by atoms with van der Waals surface area (Å²) < 4.78 is 5.35. The average molecular weight is 263 g/mol. The SMILES string of the molecule is CCOc1ccc(C2(C)CC(=O)NC2C(=O)O)cc1. The van der Waals surface area contributed by atoms with Crippen molar-refractivity contribution in [2.24, 2.45) is 0 Å². The van der Waals surface area contributed by atoms with E-state index >= 15 is 0 Å². The van der Waals surface area contributed by atoms with E-state index in [9.17, 15) is 14.7 Å². The second-order valence-corrected chi connectivity index (χ2v) is 4.89. The van der Waals surface area contributed by atoms with Crippen LogP contribution in [0.1, 0.15) is 25.8 Å². The topological polar surface area (TPSA) is 75.6 Å². The van der Waals surface area contributed by atoms with E-state index in [1.54, 1.807) is 19.1 Å². The lowest BCUT2D eigenvalue weighted by Gasteiger charge is -2.27. The fourth-order valence-corrected chi connectivity index (χ4v) is 2.51. The molecule has 1 fully saturated rings. The highest BCUT2D eigenvalue weighted by atomic mass is 16.5. The largest absolute Gasteiger partial charge is 0.494 e. The van der Waals surface area contributed by atoms with E-state index in [0.717, 1.165) is 11.3 Å². The van der Waals surface area contributed by atoms with Gasteiger partial charge in [0.15, 0.2) is 0 Å². The summed E-state index contributed by atoms with van der Waals surface area (Å²) in [5.74, 6) is -0.509. The summed E-state index contributed by atoms with van der Waals surface area (Å²) >= 11 is 0. The summed E-state index contributed by atoms with van der Waals surface area (Å²) in [5.41, 5.74) is 0.0925. The Morgan fingerprint density at radius 1 is 1.47 bits per heavy atom. The Morgan fingerprint density at radius 2 is 2.11 bits per heavy atom. The summed E-state index contributed by atoms with van der Waals surface area (Å²) in [6.07, 6.45) is 0.179. The number of benzene rings is 1. The first-order valence-electron chi connectivity index (χ1n) is 6.23. The molecule has 0 bridgehead atoms. The lowest BCUT2D eigenvalue weighted by molar-refractivity contribution is -0.141. The van der Waals surface area contributed by atoms with Crippen LogP contribution in [0.25, 0.3) is 0 Å². The van der Waals surface area contributed by atoms with Gasteiger partial charge >= 0.3 is 5.97 Å². The molecular formula is C14H17NO4. The van der Waals surface area contributed by atoms with Crippen molar-refractivity contribution in [1.29, 1.82) is 0 Å². The van der Waals surface area contributed by atoms with Crippen LogP contribution >= 0.6 is 0 Å². The van der Waals surface area contributed by atoms with Crippen LogP contribution in [0.15, 0.2) is 24.3 Å². The third kappa shape index (κ3) is 2.41. The number of hydrogen-bond acceptors (Lipinski definition) is 3. The molecule has 102 valence electrons. The number of rotatable bonds is 4. The zero-order valence-electron chi connectivity index (χ0n) is 11.0. The molecule has 19 heavy (non-hydrogen) atoms. The molecule has 1 aromatic carbocycles. The minimum Gasteiger partial charge on any atom is -0.494 e. The van der Waals surface area contributed by atoms with Crippen LogP contribution in [0.3, 0.4) is 0 Å². The quantitative estimate of drug-likeness (QED) is 0.859. The molecule has 1 aliphatic heterocycles. The highest BCUT2D eigenvalue weighted by molar-refractivity contribution is 5.90. The van der Waals surface area contributed by atoms with Gasteiger partial charge in [0.25, 0.3) is 0 Å². The number of nitrogens with one attached hydrogen (secondary N) is 1. The molecule has 1 amide bonds. The van der Waals surface area contributed by atoms with Gasteiger partial charge in [0.2, 0.25) is 5.91 Å². The molecule has 0 aliphatic carbocycles. The minimum atomic E-state index is -1.01. The Balaban J connectivity index is 2.32. The first-order chi connectivity index (χ1) is 8.97. The molecule has 5 nitrogen and oxygen atoms in total. The molecule has 2 N–H and O–H groups in total. The van der Waals surface area contributed by atoms with Gasteiger partial charge < -0.3 is 15.2 Å². The van der Waals surface area contributed by atoms with Gasteiger partial charge in [0.1, 0.15) is 11.8 Å². The molecule has 1 aromatic rings. The van der Waals surface area contributed by atoms with Crippen molar-refractivity contribution in [2.45, 2.75) is 31.7 Å². The molecule has 2 rings (SSSR count). The van der Waals surface area contributed by atoms with E-state index in [1.807, 2.05) is 19.1 Å². The van der Waals surface area contributed by atoms with E-state index in [2.05, 4.69) is 5.32 Å². The number of ether oxygens (including phenoxy) is 1. The highest BCUT2D eigenvalue weighted by Gasteiger charge is 2.48. The summed E-state index contributed by atoms with van der Waals surface area (Å²) in [4.78, 5) is 22.8. The van der Waals surface area contributed by atoms with Gasteiger partial charge in [-0.25, -0.2) is 4.79 Å². The summed E-state index contributed by atoms with van der Waals surface area (Å²) in [6, 6.07) is 6.35. The Kier molecular flexibility index (Phi) is 3.46. The maximum atomic E-state index is 11.5. The molecule has 2 unspecified atom stereocenters. The van der Waals surface area contributed by atoms with Gasteiger partial charge in [-0.2, -0.15) is 0 Å². The minimum absolute atomic E-state index is 0.179. The molecule has 1 aliphatic rings. The molecule has 0 aromatic heterocycles. The van der Waals surface area contributed by atoms with E-state index < -0.39 is 17.4 Å². The number of carboxylic acid groups (broad SMARTS) is 1. The van der Waals surface area contributed by atoms with Crippen molar-refractivity contribution < 1.29 is 19.4 Å². The predicted octanol–water partition coefficient (Wildman–Crippen LogP) is 1.32. The van der Waals surface area contributed by atoms with Crippen molar-refractivity contribution in [3.63, 3.8) is 0 Å². The first kappa shape index (κ1) is 13.4. The number of amides is 1. The van der Waals surface area contributed by atoms with E-state index in [1.165, 1.54) is 0 Å². The number of aliphatic carboxylic acids is 1. The van der Waals surface area contributed by atoms with Gasteiger partial charge in [-0.15, -0.1) is 0 Å². The molecule has 5 heteroatoms. The summed E-state index contributed by atoms with van der Waals surface area (Å²) in [6.45, 7) is 4.27. The van der Waals surface area contributed by atoms with Crippen LogP contribution in [0, 0.1) is 0 Å². The van der Waals surface area contributed by atoms with Crippen LogP contribution in [-0.4, -0.2) is 29.6 Å². The molecule has 2 atom stereocenters. The molecule has 0 spiro atoms. The van der Waals surface area contributed by atoms with Crippen molar-refractivity contribution in [3.8, 4) is 5.75 Å². The second-order valence-electron chi connectivity index (χ2n) is 4.89. The second kappa shape index (κ2) is 4.91. The standard InChI is InChI=1S/C14H17NO4/c1-3-19-10-6-4-9(5-7-10)14(2)8-11(16)15-12(14)13(17)18/h4-7,12H,3,8H2,1-2H3,(H,15,16)(H,17,18). The third-order valence-corrected chi connectivity index (χ3v) is 3.54. The van der Waals surface area contributed by atoms with E-state index in [-0.39, 0.29) is 12.3 Å². The highest BCUT2D eigenvalue weighted by Crippen LogP contribution is 2.36. The number of carboxylic acids is 1. The smallest absolute Gasteiger partial charge is 0.327 e. The Hall–Kier alpha value is -2.04. The lowest BCUT2D eigenvalue weighted by Crippen LogP contribution is -2.44. The van der Waals surface area contributed by atoms with E-state index in [0.29, 0.717) is 6.61 Å². The van der Waals surface area contributed by atoms with Gasteiger partial charge in [0.05, 0.1) is 6.61 Å². The average Bonchev–Trinajstić information content (AvgIpc) is 2.67. The van der Waals surface area contributed by atoms with Crippen molar-refractivity contribution >= 4 is 11.9 Å². The monoisotopic (exact) mass is 263 g/mol. The zero-order chi connectivity index (χ0) is 14.0. The number of carbonyl (C=O) groups excluding carboxylic acids is 1. The first-order valence-corrected chi connectivity index (χ1v) is 6.23. The van der Waals surface area contributed by atoms with Crippen molar-refractivity contribution in [1.82, 2.24) is 5.32 Å². The Labute approximate surface area is 111 Å². The van der Waals surface area contributed by atoms with Crippen LogP contribution in [0.5, 0.6) is 5.75 Å².